The van der Waals surface area contributed by atoms with E-state index in [1.807, 2.05) is 48.2 Å². The fourth-order valence-corrected chi connectivity index (χ4v) is 5.59. The second-order valence-corrected chi connectivity index (χ2v) is 10.1. The van der Waals surface area contributed by atoms with Crippen molar-refractivity contribution in [3.05, 3.63) is 42.0 Å². The maximum Gasteiger partial charge on any atom is 0.257 e. The lowest BCUT2D eigenvalue weighted by molar-refractivity contribution is -0.135. The fourth-order valence-electron chi connectivity index (χ4n) is 5.59. The first kappa shape index (κ1) is 21.9. The quantitative estimate of drug-likeness (QED) is 0.711. The molecule has 2 saturated carbocycles. The molecule has 5 rings (SSSR count). The molecule has 3 amide bonds. The van der Waals surface area contributed by atoms with Gasteiger partial charge in [-0.3, -0.25) is 14.4 Å². The average Bonchev–Trinajstić information content (AvgIpc) is 2.82. The molecule has 1 atom stereocenters. The number of nitrogens with one attached hydrogen (secondary N) is 2. The fraction of sp³-hybridized carbons (Fsp3) is 0.519. The molecular formula is C27H33N3O3. The van der Waals surface area contributed by atoms with Crippen molar-refractivity contribution in [2.45, 2.75) is 88.8 Å². The zero-order valence-electron chi connectivity index (χ0n) is 19.4. The number of hydrogen-bond donors (Lipinski definition) is 2. The van der Waals surface area contributed by atoms with E-state index in [0.29, 0.717) is 17.7 Å². The molecule has 2 fully saturated rings. The van der Waals surface area contributed by atoms with E-state index in [0.717, 1.165) is 55.7 Å². The van der Waals surface area contributed by atoms with Gasteiger partial charge >= 0.3 is 0 Å². The molecule has 1 aliphatic heterocycles. The molecule has 3 aliphatic rings. The standard InChI is InChI=1S/C27H33N3O3/c1-27(26(33)28-20-10-3-2-4-11-20)15-14-24(31)29-23-17-19-9-6-5-8-18(19)16-22(23)25(32)30(27)21-12-7-13-21/h5-6,8-9,16-17,20-21H,2-4,7,10-15H2,1H3,(H,28,33)(H,29,31). The van der Waals surface area contributed by atoms with Gasteiger partial charge in [0.05, 0.1) is 11.3 Å². The van der Waals surface area contributed by atoms with Gasteiger partial charge in [-0.2, -0.15) is 0 Å². The summed E-state index contributed by atoms with van der Waals surface area (Å²) in [5.74, 6) is -0.442. The van der Waals surface area contributed by atoms with Crippen LogP contribution in [0.4, 0.5) is 5.69 Å². The number of hydrogen-bond acceptors (Lipinski definition) is 3. The van der Waals surface area contributed by atoms with Crippen molar-refractivity contribution in [3.8, 4) is 0 Å². The number of amides is 3. The Kier molecular flexibility index (Phi) is 5.85. The summed E-state index contributed by atoms with van der Waals surface area (Å²) in [6.45, 7) is 1.86. The lowest BCUT2D eigenvalue weighted by atomic mass is 9.82. The van der Waals surface area contributed by atoms with E-state index < -0.39 is 5.54 Å². The molecule has 33 heavy (non-hydrogen) atoms. The molecule has 0 saturated heterocycles. The first-order chi connectivity index (χ1) is 16.0. The number of carbonyl (C=O) groups is 3. The van der Waals surface area contributed by atoms with Crippen LogP contribution in [0.15, 0.2) is 36.4 Å². The minimum absolute atomic E-state index is 0.0205. The molecular weight excluding hydrogens is 414 g/mol. The van der Waals surface area contributed by atoms with E-state index in [1.165, 1.54) is 6.42 Å². The number of rotatable bonds is 3. The lowest BCUT2D eigenvalue weighted by Gasteiger charge is -2.48. The van der Waals surface area contributed by atoms with Crippen molar-refractivity contribution in [1.82, 2.24) is 10.2 Å². The molecule has 2 aromatic rings. The van der Waals surface area contributed by atoms with Crippen LogP contribution in [-0.4, -0.2) is 40.2 Å². The topological polar surface area (TPSA) is 78.5 Å². The monoisotopic (exact) mass is 447 g/mol. The van der Waals surface area contributed by atoms with Crippen LogP contribution in [-0.2, 0) is 9.59 Å². The van der Waals surface area contributed by atoms with Gasteiger partial charge in [0.15, 0.2) is 0 Å². The molecule has 174 valence electrons. The zero-order valence-corrected chi connectivity index (χ0v) is 19.4. The third-order valence-corrected chi connectivity index (χ3v) is 7.85. The molecule has 1 heterocycles. The number of benzene rings is 2. The van der Waals surface area contributed by atoms with Crippen LogP contribution in [0, 0.1) is 0 Å². The van der Waals surface area contributed by atoms with Crippen molar-refractivity contribution in [1.29, 1.82) is 0 Å². The van der Waals surface area contributed by atoms with Crippen LogP contribution < -0.4 is 10.6 Å². The third-order valence-electron chi connectivity index (χ3n) is 7.85. The highest BCUT2D eigenvalue weighted by molar-refractivity contribution is 6.10. The Morgan fingerprint density at radius 1 is 1.00 bits per heavy atom. The molecule has 0 spiro atoms. The Balaban J connectivity index is 1.57. The van der Waals surface area contributed by atoms with E-state index in [2.05, 4.69) is 10.6 Å². The maximum atomic E-state index is 14.1. The third kappa shape index (κ3) is 4.11. The van der Waals surface area contributed by atoms with Gasteiger partial charge in [0.1, 0.15) is 5.54 Å². The van der Waals surface area contributed by atoms with Crippen molar-refractivity contribution >= 4 is 34.2 Å². The maximum absolute atomic E-state index is 14.1. The van der Waals surface area contributed by atoms with E-state index in [9.17, 15) is 14.4 Å². The molecule has 2 aliphatic carbocycles. The first-order valence-electron chi connectivity index (χ1n) is 12.4. The second kappa shape index (κ2) is 8.81. The van der Waals surface area contributed by atoms with Gasteiger partial charge in [0.25, 0.3) is 5.91 Å². The van der Waals surface area contributed by atoms with Gasteiger partial charge in [0, 0.05) is 18.5 Å². The summed E-state index contributed by atoms with van der Waals surface area (Å²) in [5.41, 5.74) is -0.0676. The number of anilines is 1. The summed E-state index contributed by atoms with van der Waals surface area (Å²) in [5, 5.41) is 8.13. The van der Waals surface area contributed by atoms with Crippen LogP contribution >= 0.6 is 0 Å². The highest BCUT2D eigenvalue weighted by atomic mass is 16.2. The average molecular weight is 448 g/mol. The van der Waals surface area contributed by atoms with E-state index in [-0.39, 0.29) is 36.2 Å². The van der Waals surface area contributed by atoms with E-state index in [1.54, 1.807) is 0 Å². The number of nitrogens with zero attached hydrogens (tertiary/aromatic N) is 1. The zero-order chi connectivity index (χ0) is 23.0. The van der Waals surface area contributed by atoms with Crippen LogP contribution in [0.3, 0.4) is 0 Å². The van der Waals surface area contributed by atoms with Crippen LogP contribution in [0.5, 0.6) is 0 Å². The highest BCUT2D eigenvalue weighted by Gasteiger charge is 2.48. The molecule has 6 heteroatoms. The van der Waals surface area contributed by atoms with E-state index >= 15 is 0 Å². The Morgan fingerprint density at radius 2 is 1.70 bits per heavy atom. The molecule has 0 radical (unpaired) electrons. The van der Waals surface area contributed by atoms with Crippen molar-refractivity contribution < 1.29 is 14.4 Å². The Bertz CT molecular complexity index is 1090. The van der Waals surface area contributed by atoms with Gasteiger partial charge < -0.3 is 15.5 Å². The SMILES string of the molecule is CC1(C(=O)NC2CCCCC2)CCC(=O)Nc2cc3ccccc3cc2C(=O)N1C1CCC1. The van der Waals surface area contributed by atoms with Crippen molar-refractivity contribution in [2.24, 2.45) is 0 Å². The molecule has 0 aromatic heterocycles. The molecule has 1 unspecified atom stereocenters. The predicted molar refractivity (Wildman–Crippen MR) is 129 cm³/mol. The van der Waals surface area contributed by atoms with E-state index in [4.69, 9.17) is 0 Å². The van der Waals surface area contributed by atoms with Crippen molar-refractivity contribution in [2.75, 3.05) is 5.32 Å². The smallest absolute Gasteiger partial charge is 0.257 e. The molecule has 2 aromatic carbocycles. The highest BCUT2D eigenvalue weighted by Crippen LogP contribution is 2.38. The summed E-state index contributed by atoms with van der Waals surface area (Å²) in [7, 11) is 0. The molecule has 6 nitrogen and oxygen atoms in total. The summed E-state index contributed by atoms with van der Waals surface area (Å²) in [6, 6.07) is 11.8. The lowest BCUT2D eigenvalue weighted by Crippen LogP contribution is -2.64. The molecule has 2 N–H and O–H groups in total. The van der Waals surface area contributed by atoms with Crippen LogP contribution in [0.1, 0.15) is 81.5 Å². The summed E-state index contributed by atoms with van der Waals surface area (Å²) in [6.07, 6.45) is 8.75. The normalized spacial score (nSPS) is 24.8. The van der Waals surface area contributed by atoms with Crippen LogP contribution in [0.25, 0.3) is 10.8 Å². The van der Waals surface area contributed by atoms with Gasteiger partial charge in [-0.1, -0.05) is 43.5 Å². The number of fused-ring (bicyclic) bond motifs is 2. The van der Waals surface area contributed by atoms with Gasteiger partial charge in [0.2, 0.25) is 11.8 Å². The summed E-state index contributed by atoms with van der Waals surface area (Å²) < 4.78 is 0. The van der Waals surface area contributed by atoms with Gasteiger partial charge in [-0.25, -0.2) is 0 Å². The van der Waals surface area contributed by atoms with Crippen molar-refractivity contribution in [3.63, 3.8) is 0 Å². The second-order valence-electron chi connectivity index (χ2n) is 10.1. The first-order valence-corrected chi connectivity index (χ1v) is 12.4. The largest absolute Gasteiger partial charge is 0.351 e. The Labute approximate surface area is 195 Å². The minimum atomic E-state index is -1.07. The number of carbonyl (C=O) groups excluding carboxylic acids is 3. The predicted octanol–water partition coefficient (Wildman–Crippen LogP) is 4.77. The van der Waals surface area contributed by atoms with Crippen LogP contribution in [0.2, 0.25) is 0 Å². The Morgan fingerprint density at radius 3 is 2.36 bits per heavy atom. The minimum Gasteiger partial charge on any atom is -0.351 e. The molecule has 0 bridgehead atoms. The summed E-state index contributed by atoms with van der Waals surface area (Å²) in [4.78, 5) is 42.6. The Hall–Kier alpha value is -2.89. The summed E-state index contributed by atoms with van der Waals surface area (Å²) >= 11 is 0. The van der Waals surface area contributed by atoms with Gasteiger partial charge in [-0.05, 0) is 68.4 Å². The van der Waals surface area contributed by atoms with Gasteiger partial charge in [-0.15, -0.1) is 0 Å².